The molecule has 2 rings (SSSR count). The van der Waals surface area contributed by atoms with E-state index in [4.69, 9.17) is 11.0 Å². The normalized spacial score (nSPS) is 25.2. The zero-order valence-electron chi connectivity index (χ0n) is 11.6. The van der Waals surface area contributed by atoms with Crippen molar-refractivity contribution >= 4 is 11.8 Å². The highest BCUT2D eigenvalue weighted by molar-refractivity contribution is 5.82. The summed E-state index contributed by atoms with van der Waals surface area (Å²) in [6.07, 6.45) is 5.03. The monoisotopic (exact) mass is 278 g/mol. The van der Waals surface area contributed by atoms with Gasteiger partial charge in [-0.25, -0.2) is 0 Å². The fourth-order valence-electron chi connectivity index (χ4n) is 2.59. The highest BCUT2D eigenvalue weighted by Crippen LogP contribution is 2.33. The number of nitrogens with zero attached hydrogens (tertiary/aromatic N) is 1. The van der Waals surface area contributed by atoms with Crippen molar-refractivity contribution in [3.63, 3.8) is 0 Å². The fourth-order valence-corrected chi connectivity index (χ4v) is 2.59. The van der Waals surface area contributed by atoms with Crippen LogP contribution in [0.4, 0.5) is 0 Å². The third-order valence-electron chi connectivity index (χ3n) is 4.01. The zero-order valence-corrected chi connectivity index (χ0v) is 11.6. The van der Waals surface area contributed by atoms with Crippen LogP contribution in [0.15, 0.2) is 0 Å². The molecule has 1 heterocycles. The Hall–Kier alpha value is -1.61. The Morgan fingerprint density at radius 3 is 2.80 bits per heavy atom. The molecule has 3 atom stereocenters. The lowest BCUT2D eigenvalue weighted by Crippen LogP contribution is -2.47. The average Bonchev–Trinajstić information content (AvgIpc) is 3.24. The lowest BCUT2D eigenvalue weighted by atomic mass is 9.92. The van der Waals surface area contributed by atoms with Gasteiger partial charge in [-0.05, 0) is 31.6 Å². The van der Waals surface area contributed by atoms with E-state index < -0.39 is 12.1 Å². The molecule has 0 aromatic rings. The Labute approximate surface area is 119 Å². The number of rotatable bonds is 6. The van der Waals surface area contributed by atoms with Crippen molar-refractivity contribution in [1.29, 1.82) is 5.26 Å². The molecule has 1 saturated carbocycles. The van der Waals surface area contributed by atoms with Crippen molar-refractivity contribution in [3.8, 4) is 6.07 Å². The van der Waals surface area contributed by atoms with Gasteiger partial charge in [0.15, 0.2) is 0 Å². The van der Waals surface area contributed by atoms with Crippen LogP contribution in [-0.4, -0.2) is 30.4 Å². The maximum atomic E-state index is 11.9. The van der Waals surface area contributed by atoms with E-state index in [9.17, 15) is 9.59 Å². The molecule has 0 radical (unpaired) electrons. The van der Waals surface area contributed by atoms with E-state index >= 15 is 0 Å². The Morgan fingerprint density at radius 1 is 1.45 bits per heavy atom. The molecule has 4 N–H and O–H groups in total. The molecule has 2 fully saturated rings. The topological polar surface area (TPSA) is 108 Å². The van der Waals surface area contributed by atoms with Crippen LogP contribution in [0, 0.1) is 23.2 Å². The van der Waals surface area contributed by atoms with E-state index in [-0.39, 0.29) is 17.7 Å². The lowest BCUT2D eigenvalue weighted by Gasteiger charge is -2.24. The molecule has 6 heteroatoms. The van der Waals surface area contributed by atoms with Crippen molar-refractivity contribution in [2.24, 2.45) is 17.6 Å². The van der Waals surface area contributed by atoms with E-state index in [1.165, 1.54) is 0 Å². The van der Waals surface area contributed by atoms with Gasteiger partial charge >= 0.3 is 0 Å². The molecule has 0 aromatic heterocycles. The van der Waals surface area contributed by atoms with E-state index in [0.29, 0.717) is 25.3 Å². The maximum absolute atomic E-state index is 11.9. The second kappa shape index (κ2) is 6.71. The smallest absolute Gasteiger partial charge is 0.237 e. The first-order chi connectivity index (χ1) is 9.60. The number of hydrogen-bond donors (Lipinski definition) is 3. The van der Waals surface area contributed by atoms with Crippen LogP contribution in [0.25, 0.3) is 0 Å². The molecule has 0 aromatic carbocycles. The minimum Gasteiger partial charge on any atom is -0.356 e. The maximum Gasteiger partial charge on any atom is 0.237 e. The zero-order chi connectivity index (χ0) is 14.5. The molecule has 0 bridgehead atoms. The third-order valence-corrected chi connectivity index (χ3v) is 4.01. The summed E-state index contributed by atoms with van der Waals surface area (Å²) in [6.45, 7) is 0.700. The highest BCUT2D eigenvalue weighted by Gasteiger charge is 2.30. The van der Waals surface area contributed by atoms with Gasteiger partial charge in [-0.2, -0.15) is 5.26 Å². The van der Waals surface area contributed by atoms with E-state index in [2.05, 4.69) is 16.7 Å². The molecular formula is C14H22N4O2. The van der Waals surface area contributed by atoms with Crippen molar-refractivity contribution in [3.05, 3.63) is 0 Å². The van der Waals surface area contributed by atoms with Gasteiger partial charge < -0.3 is 16.4 Å². The predicted octanol–water partition coefficient (Wildman–Crippen LogP) is 0.0385. The van der Waals surface area contributed by atoms with Crippen LogP contribution in [0.5, 0.6) is 0 Å². The molecule has 2 amide bonds. The summed E-state index contributed by atoms with van der Waals surface area (Å²) in [7, 11) is 0. The molecule has 1 aliphatic carbocycles. The summed E-state index contributed by atoms with van der Waals surface area (Å²) < 4.78 is 0. The number of carbonyl (C=O) groups excluding carboxylic acids is 2. The number of amides is 2. The van der Waals surface area contributed by atoms with Crippen LogP contribution >= 0.6 is 0 Å². The Balaban J connectivity index is 1.80. The number of hydrogen-bond acceptors (Lipinski definition) is 4. The molecule has 6 nitrogen and oxygen atoms in total. The first-order valence-electron chi connectivity index (χ1n) is 7.33. The van der Waals surface area contributed by atoms with Crippen molar-refractivity contribution in [1.82, 2.24) is 10.6 Å². The molecule has 0 spiro atoms. The number of nitriles is 1. The Kier molecular flexibility index (Phi) is 4.96. The lowest BCUT2D eigenvalue weighted by molar-refractivity contribution is -0.128. The van der Waals surface area contributed by atoms with Gasteiger partial charge in [-0.3, -0.25) is 9.59 Å². The second-order valence-electron chi connectivity index (χ2n) is 5.84. The van der Waals surface area contributed by atoms with Crippen LogP contribution in [0.2, 0.25) is 0 Å². The quantitative estimate of drug-likeness (QED) is 0.637. The van der Waals surface area contributed by atoms with Crippen LogP contribution < -0.4 is 16.4 Å². The number of piperidine rings is 1. The summed E-state index contributed by atoms with van der Waals surface area (Å²) in [4.78, 5) is 23.6. The largest absolute Gasteiger partial charge is 0.356 e. The average molecular weight is 278 g/mol. The summed E-state index contributed by atoms with van der Waals surface area (Å²) in [5.41, 5.74) is 5.82. The van der Waals surface area contributed by atoms with E-state index in [1.807, 2.05) is 0 Å². The molecule has 0 unspecified atom stereocenters. The molecule has 1 aliphatic heterocycles. The minimum absolute atomic E-state index is 0.0203. The van der Waals surface area contributed by atoms with Gasteiger partial charge in [0.25, 0.3) is 0 Å². The third kappa shape index (κ3) is 4.20. The molecule has 20 heavy (non-hydrogen) atoms. The van der Waals surface area contributed by atoms with Gasteiger partial charge in [-0.15, -0.1) is 0 Å². The standard InChI is InChI=1S/C14H22N4O2/c15-8-11(7-10-2-1-5-17-13(10)19)18-14(20)12(16)6-9-3-4-9/h9-12H,1-7,16H2,(H,17,19)(H,18,20)/t10-,11-,12-/m0/s1. The predicted molar refractivity (Wildman–Crippen MR) is 73.2 cm³/mol. The molecule has 1 saturated heterocycles. The minimum atomic E-state index is -0.637. The van der Waals surface area contributed by atoms with Gasteiger partial charge in [0, 0.05) is 12.5 Å². The number of carbonyl (C=O) groups is 2. The Morgan fingerprint density at radius 2 is 2.20 bits per heavy atom. The molecule has 110 valence electrons. The first-order valence-corrected chi connectivity index (χ1v) is 7.33. The highest BCUT2D eigenvalue weighted by atomic mass is 16.2. The molecular weight excluding hydrogens is 256 g/mol. The van der Waals surface area contributed by atoms with Crippen LogP contribution in [0.1, 0.15) is 38.5 Å². The van der Waals surface area contributed by atoms with Crippen LogP contribution in [0.3, 0.4) is 0 Å². The van der Waals surface area contributed by atoms with Crippen molar-refractivity contribution < 1.29 is 9.59 Å². The second-order valence-corrected chi connectivity index (χ2v) is 5.84. The summed E-state index contributed by atoms with van der Waals surface area (Å²) >= 11 is 0. The van der Waals surface area contributed by atoms with Gasteiger partial charge in [0.05, 0.1) is 12.1 Å². The number of nitrogens with one attached hydrogen (secondary N) is 2. The van der Waals surface area contributed by atoms with Crippen molar-refractivity contribution in [2.75, 3.05) is 6.54 Å². The van der Waals surface area contributed by atoms with Crippen molar-refractivity contribution in [2.45, 2.75) is 50.6 Å². The number of nitrogens with two attached hydrogens (primary N) is 1. The first kappa shape index (κ1) is 14.8. The summed E-state index contributed by atoms with van der Waals surface area (Å²) in [5, 5.41) is 14.6. The fraction of sp³-hybridized carbons (Fsp3) is 0.786. The van der Waals surface area contributed by atoms with Gasteiger partial charge in [-0.1, -0.05) is 12.8 Å². The molecule has 2 aliphatic rings. The van der Waals surface area contributed by atoms with Gasteiger partial charge in [0.2, 0.25) is 11.8 Å². The SMILES string of the molecule is N#C[C@H](C[C@@H]1CCCNC1=O)NC(=O)[C@@H](N)CC1CC1. The van der Waals surface area contributed by atoms with E-state index in [0.717, 1.165) is 25.7 Å². The van der Waals surface area contributed by atoms with Crippen LogP contribution in [-0.2, 0) is 9.59 Å². The summed E-state index contributed by atoms with van der Waals surface area (Å²) in [6, 6.07) is 0.877. The summed E-state index contributed by atoms with van der Waals surface area (Å²) in [5.74, 6) is 0.0847. The Bertz CT molecular complexity index is 414. The van der Waals surface area contributed by atoms with E-state index in [1.54, 1.807) is 0 Å². The van der Waals surface area contributed by atoms with Gasteiger partial charge in [0.1, 0.15) is 6.04 Å².